The summed E-state index contributed by atoms with van der Waals surface area (Å²) in [5, 5.41) is 0. The van der Waals surface area contributed by atoms with Gasteiger partial charge in [0.15, 0.2) is 11.5 Å². The third-order valence-electron chi connectivity index (χ3n) is 3.29. The summed E-state index contributed by atoms with van der Waals surface area (Å²) in [7, 11) is 0. The van der Waals surface area contributed by atoms with Gasteiger partial charge in [-0.05, 0) is 49.3 Å². The number of ether oxygens (including phenoxy) is 2. The minimum absolute atomic E-state index is 0.297. The lowest BCUT2D eigenvalue weighted by molar-refractivity contribution is 0.174. The third-order valence-corrected chi connectivity index (χ3v) is 4.76. The van der Waals surface area contributed by atoms with Crippen LogP contribution in [0.5, 0.6) is 11.5 Å². The summed E-state index contributed by atoms with van der Waals surface area (Å²) in [6.07, 6.45) is 1.26. The molecule has 3 rings (SSSR count). The molecule has 0 spiro atoms. The fraction of sp³-hybridized carbons (Fsp3) is 0.500. The molecule has 2 heterocycles. The van der Waals surface area contributed by atoms with Crippen molar-refractivity contribution in [1.29, 1.82) is 0 Å². The molecular weight excluding hydrogens is 208 g/mol. The van der Waals surface area contributed by atoms with Gasteiger partial charge in [0.2, 0.25) is 6.79 Å². The van der Waals surface area contributed by atoms with Crippen molar-refractivity contribution in [2.75, 3.05) is 12.5 Å². The molecule has 0 aliphatic carbocycles. The lowest BCUT2D eigenvalue weighted by atomic mass is 9.92. The van der Waals surface area contributed by atoms with Crippen molar-refractivity contribution in [1.82, 2.24) is 0 Å². The monoisotopic (exact) mass is 222 g/mol. The Balaban J connectivity index is 2.08. The molecular formula is C12H14O2S. The maximum atomic E-state index is 5.43. The van der Waals surface area contributed by atoms with E-state index in [2.05, 4.69) is 26.0 Å². The molecule has 2 aliphatic rings. The number of rotatable bonds is 1. The Hall–Kier alpha value is -0.830. The highest BCUT2D eigenvalue weighted by atomic mass is 32.2. The Labute approximate surface area is 94.0 Å². The van der Waals surface area contributed by atoms with E-state index in [4.69, 9.17) is 9.47 Å². The molecule has 1 saturated heterocycles. The topological polar surface area (TPSA) is 18.5 Å². The first kappa shape index (κ1) is 9.40. The Morgan fingerprint density at radius 3 is 2.53 bits per heavy atom. The molecule has 1 atom stereocenters. The van der Waals surface area contributed by atoms with Crippen LogP contribution in [0, 0.1) is 6.92 Å². The van der Waals surface area contributed by atoms with Gasteiger partial charge in [0.25, 0.3) is 0 Å². The highest BCUT2D eigenvalue weighted by molar-refractivity contribution is 8.01. The van der Waals surface area contributed by atoms with Crippen molar-refractivity contribution in [3.05, 3.63) is 23.3 Å². The van der Waals surface area contributed by atoms with E-state index < -0.39 is 0 Å². The van der Waals surface area contributed by atoms with Crippen LogP contribution < -0.4 is 9.47 Å². The molecule has 2 aliphatic heterocycles. The molecule has 1 fully saturated rings. The van der Waals surface area contributed by atoms with Crippen LogP contribution in [0.1, 0.15) is 24.5 Å². The third kappa shape index (κ3) is 1.33. The van der Waals surface area contributed by atoms with Crippen molar-refractivity contribution in [2.45, 2.75) is 25.0 Å². The number of fused-ring (bicyclic) bond motifs is 1. The number of hydrogen-bond acceptors (Lipinski definition) is 3. The molecule has 0 aromatic heterocycles. The van der Waals surface area contributed by atoms with Gasteiger partial charge in [0, 0.05) is 4.75 Å². The predicted molar refractivity (Wildman–Crippen MR) is 61.7 cm³/mol. The first-order valence-electron chi connectivity index (χ1n) is 5.24. The molecule has 1 unspecified atom stereocenters. The van der Waals surface area contributed by atoms with Crippen molar-refractivity contribution < 1.29 is 9.47 Å². The molecule has 1 aromatic rings. The number of aryl methyl sites for hydroxylation is 1. The van der Waals surface area contributed by atoms with E-state index in [-0.39, 0.29) is 0 Å². The van der Waals surface area contributed by atoms with Crippen LogP contribution in [-0.4, -0.2) is 12.5 Å². The minimum Gasteiger partial charge on any atom is -0.454 e. The van der Waals surface area contributed by atoms with Gasteiger partial charge in [-0.1, -0.05) is 0 Å². The molecule has 1 aromatic carbocycles. The predicted octanol–water partition coefficient (Wildman–Crippen LogP) is 3.08. The summed E-state index contributed by atoms with van der Waals surface area (Å²) < 4.78 is 11.1. The van der Waals surface area contributed by atoms with Crippen molar-refractivity contribution in [3.8, 4) is 11.5 Å². The normalized spacial score (nSPS) is 27.6. The van der Waals surface area contributed by atoms with E-state index in [9.17, 15) is 0 Å². The molecule has 3 heteroatoms. The molecule has 0 N–H and O–H groups in total. The van der Waals surface area contributed by atoms with Crippen molar-refractivity contribution in [2.24, 2.45) is 0 Å². The number of benzene rings is 1. The lowest BCUT2D eigenvalue weighted by Gasteiger charge is -2.39. The molecule has 2 nitrogen and oxygen atoms in total. The Morgan fingerprint density at radius 1 is 1.27 bits per heavy atom. The summed E-state index contributed by atoms with van der Waals surface area (Å²) in [5.74, 6) is 3.07. The van der Waals surface area contributed by atoms with E-state index in [1.165, 1.54) is 23.3 Å². The van der Waals surface area contributed by atoms with Crippen LogP contribution in [0.2, 0.25) is 0 Å². The molecule has 15 heavy (non-hydrogen) atoms. The van der Waals surface area contributed by atoms with E-state index in [1.807, 2.05) is 11.8 Å². The molecule has 80 valence electrons. The minimum atomic E-state index is 0.297. The zero-order valence-corrected chi connectivity index (χ0v) is 9.82. The zero-order valence-electron chi connectivity index (χ0n) is 9.00. The van der Waals surface area contributed by atoms with Gasteiger partial charge < -0.3 is 9.47 Å². The highest BCUT2D eigenvalue weighted by Gasteiger charge is 2.36. The zero-order chi connectivity index (χ0) is 10.5. The van der Waals surface area contributed by atoms with E-state index in [0.29, 0.717) is 11.5 Å². The first-order valence-corrected chi connectivity index (χ1v) is 6.22. The second kappa shape index (κ2) is 3.08. The average Bonchev–Trinajstić information content (AvgIpc) is 2.60. The summed E-state index contributed by atoms with van der Waals surface area (Å²) in [4.78, 5) is 0. The largest absolute Gasteiger partial charge is 0.454 e. The van der Waals surface area contributed by atoms with E-state index in [1.54, 1.807) is 0 Å². The van der Waals surface area contributed by atoms with Crippen LogP contribution in [0.3, 0.4) is 0 Å². The van der Waals surface area contributed by atoms with Gasteiger partial charge >= 0.3 is 0 Å². The second-order valence-electron chi connectivity index (χ2n) is 4.35. The Kier molecular flexibility index (Phi) is 1.93. The summed E-state index contributed by atoms with van der Waals surface area (Å²) in [6.45, 7) is 4.83. The standard InChI is InChI=1S/C12H14O2S/c1-8-5-10-11(14-7-13-10)6-9(8)12(2)3-4-15-12/h5-6H,3-4,7H2,1-2H3. The summed E-state index contributed by atoms with van der Waals surface area (Å²) in [5.41, 5.74) is 2.72. The van der Waals surface area contributed by atoms with Gasteiger partial charge in [-0.25, -0.2) is 0 Å². The molecule has 0 bridgehead atoms. The van der Waals surface area contributed by atoms with Crippen LogP contribution >= 0.6 is 11.8 Å². The Bertz CT molecular complexity index is 410. The fourth-order valence-corrected chi connectivity index (χ4v) is 3.43. The molecule has 0 saturated carbocycles. The maximum absolute atomic E-state index is 5.43. The van der Waals surface area contributed by atoms with Gasteiger partial charge in [-0.3, -0.25) is 0 Å². The summed E-state index contributed by atoms with van der Waals surface area (Å²) >= 11 is 2.02. The SMILES string of the molecule is Cc1cc2c(cc1C1(C)CCS1)OCO2. The quantitative estimate of drug-likeness (QED) is 0.727. The second-order valence-corrected chi connectivity index (χ2v) is 5.95. The average molecular weight is 222 g/mol. The van der Waals surface area contributed by atoms with E-state index >= 15 is 0 Å². The smallest absolute Gasteiger partial charge is 0.231 e. The van der Waals surface area contributed by atoms with Crippen LogP contribution in [-0.2, 0) is 4.75 Å². The van der Waals surface area contributed by atoms with Crippen LogP contribution in [0.4, 0.5) is 0 Å². The van der Waals surface area contributed by atoms with Gasteiger partial charge in [-0.2, -0.15) is 11.8 Å². The van der Waals surface area contributed by atoms with E-state index in [0.717, 1.165) is 11.5 Å². The highest BCUT2D eigenvalue weighted by Crippen LogP contribution is 2.51. The van der Waals surface area contributed by atoms with Gasteiger partial charge in [0.05, 0.1) is 0 Å². The van der Waals surface area contributed by atoms with Crippen molar-refractivity contribution >= 4 is 11.8 Å². The van der Waals surface area contributed by atoms with Crippen LogP contribution in [0.15, 0.2) is 12.1 Å². The fourth-order valence-electron chi connectivity index (χ4n) is 2.23. The number of hydrogen-bond donors (Lipinski definition) is 0. The van der Waals surface area contributed by atoms with Gasteiger partial charge in [0.1, 0.15) is 0 Å². The lowest BCUT2D eigenvalue weighted by Crippen LogP contribution is -2.28. The van der Waals surface area contributed by atoms with Crippen molar-refractivity contribution in [3.63, 3.8) is 0 Å². The summed E-state index contributed by atoms with van der Waals surface area (Å²) in [6, 6.07) is 4.26. The molecule has 0 amide bonds. The van der Waals surface area contributed by atoms with Crippen LogP contribution in [0.25, 0.3) is 0 Å². The van der Waals surface area contributed by atoms with Gasteiger partial charge in [-0.15, -0.1) is 0 Å². The Morgan fingerprint density at radius 2 is 1.93 bits per heavy atom. The number of thioether (sulfide) groups is 1. The maximum Gasteiger partial charge on any atom is 0.231 e. The first-order chi connectivity index (χ1) is 7.19. The molecule has 0 radical (unpaired) electrons.